The highest BCUT2D eigenvalue weighted by atomic mass is 79.9. The summed E-state index contributed by atoms with van der Waals surface area (Å²) in [6, 6.07) is 9.38. The maximum atomic E-state index is 12.3. The van der Waals surface area contributed by atoms with Crippen LogP contribution in [0.4, 0.5) is 5.69 Å². The molecule has 0 radical (unpaired) electrons. The van der Waals surface area contributed by atoms with Crippen molar-refractivity contribution in [3.63, 3.8) is 0 Å². The molecule has 0 aliphatic heterocycles. The monoisotopic (exact) mass is 338 g/mol. The zero-order valence-corrected chi connectivity index (χ0v) is 13.0. The topological polar surface area (TPSA) is 46.3 Å². The van der Waals surface area contributed by atoms with Crippen molar-refractivity contribution in [2.75, 3.05) is 19.3 Å². The molecule has 0 atom stereocenters. The Kier molecular flexibility index (Phi) is 4.61. The lowest BCUT2D eigenvalue weighted by molar-refractivity contribution is 0.0797. The Balaban J connectivity index is 2.02. The third-order valence-electron chi connectivity index (χ3n) is 2.79. The van der Waals surface area contributed by atoms with Crippen LogP contribution in [0.25, 0.3) is 0 Å². The Hall–Kier alpha value is -1.33. The second-order valence-electron chi connectivity index (χ2n) is 4.33. The van der Waals surface area contributed by atoms with Gasteiger partial charge in [0.2, 0.25) is 0 Å². The number of hydrogen-bond donors (Lipinski definition) is 1. The number of hydrogen-bond acceptors (Lipinski definition) is 3. The van der Waals surface area contributed by atoms with Crippen LogP contribution >= 0.6 is 27.3 Å². The summed E-state index contributed by atoms with van der Waals surface area (Å²) >= 11 is 5.06. The van der Waals surface area contributed by atoms with Gasteiger partial charge in [0.1, 0.15) is 0 Å². The average molecular weight is 339 g/mol. The molecule has 1 aromatic heterocycles. The molecule has 0 bridgehead atoms. The third-order valence-corrected chi connectivity index (χ3v) is 4.18. The Morgan fingerprint density at radius 1 is 1.42 bits per heavy atom. The van der Waals surface area contributed by atoms with Gasteiger partial charge in [0.15, 0.2) is 0 Å². The van der Waals surface area contributed by atoms with Crippen molar-refractivity contribution in [3.8, 4) is 0 Å². The first-order chi connectivity index (χ1) is 9.06. The SMILES string of the molecule is CN(CCc1cccs1)C(=O)c1cc(N)cc(Br)c1. The van der Waals surface area contributed by atoms with Crippen molar-refractivity contribution < 1.29 is 4.79 Å². The van der Waals surface area contributed by atoms with Gasteiger partial charge in [-0.25, -0.2) is 0 Å². The van der Waals surface area contributed by atoms with E-state index in [9.17, 15) is 4.79 Å². The first kappa shape index (κ1) is 14.1. The molecule has 2 rings (SSSR count). The number of amides is 1. The van der Waals surface area contributed by atoms with Crippen LogP contribution in [0.15, 0.2) is 40.2 Å². The van der Waals surface area contributed by atoms with Crippen LogP contribution in [0.2, 0.25) is 0 Å². The molecule has 19 heavy (non-hydrogen) atoms. The smallest absolute Gasteiger partial charge is 0.253 e. The molecule has 0 fully saturated rings. The van der Waals surface area contributed by atoms with E-state index in [0.717, 1.165) is 10.9 Å². The van der Waals surface area contributed by atoms with Gasteiger partial charge in [-0.05, 0) is 36.1 Å². The van der Waals surface area contributed by atoms with E-state index < -0.39 is 0 Å². The number of anilines is 1. The predicted molar refractivity (Wildman–Crippen MR) is 83.5 cm³/mol. The van der Waals surface area contributed by atoms with Crippen molar-refractivity contribution >= 4 is 38.9 Å². The molecule has 1 aromatic carbocycles. The van der Waals surface area contributed by atoms with Gasteiger partial charge in [0.25, 0.3) is 5.91 Å². The van der Waals surface area contributed by atoms with Gasteiger partial charge >= 0.3 is 0 Å². The fraction of sp³-hybridized carbons (Fsp3) is 0.214. The van der Waals surface area contributed by atoms with Crippen LogP contribution in [0.3, 0.4) is 0 Å². The largest absolute Gasteiger partial charge is 0.399 e. The minimum absolute atomic E-state index is 0.00967. The van der Waals surface area contributed by atoms with Gasteiger partial charge in [0, 0.05) is 34.2 Å². The van der Waals surface area contributed by atoms with E-state index >= 15 is 0 Å². The third kappa shape index (κ3) is 3.81. The Morgan fingerprint density at radius 3 is 2.84 bits per heavy atom. The minimum atomic E-state index is -0.00967. The molecular weight excluding hydrogens is 324 g/mol. The lowest BCUT2D eigenvalue weighted by Crippen LogP contribution is -2.28. The molecule has 0 aliphatic rings. The number of nitrogens with two attached hydrogens (primary N) is 1. The van der Waals surface area contributed by atoms with Crippen LogP contribution in [-0.2, 0) is 6.42 Å². The maximum Gasteiger partial charge on any atom is 0.253 e. The standard InChI is InChI=1S/C14H15BrN2OS/c1-17(5-4-13-3-2-6-19-13)14(18)10-7-11(15)9-12(16)8-10/h2-3,6-9H,4-5,16H2,1H3. The molecule has 0 spiro atoms. The first-order valence-electron chi connectivity index (χ1n) is 5.90. The predicted octanol–water partition coefficient (Wildman–Crippen LogP) is 3.41. The fourth-order valence-electron chi connectivity index (χ4n) is 1.79. The summed E-state index contributed by atoms with van der Waals surface area (Å²) in [5.74, 6) is -0.00967. The van der Waals surface area contributed by atoms with Gasteiger partial charge < -0.3 is 10.6 Å². The zero-order chi connectivity index (χ0) is 13.8. The van der Waals surface area contributed by atoms with Gasteiger partial charge in [0.05, 0.1) is 0 Å². The number of halogens is 1. The molecule has 1 heterocycles. The van der Waals surface area contributed by atoms with Crippen molar-refractivity contribution in [2.45, 2.75) is 6.42 Å². The van der Waals surface area contributed by atoms with Gasteiger partial charge in [-0.3, -0.25) is 4.79 Å². The van der Waals surface area contributed by atoms with Crippen LogP contribution in [0, 0.1) is 0 Å². The van der Waals surface area contributed by atoms with Crippen LogP contribution in [0.5, 0.6) is 0 Å². The Bertz CT molecular complexity index is 549. The molecule has 0 saturated heterocycles. The van der Waals surface area contributed by atoms with Crippen molar-refractivity contribution in [3.05, 3.63) is 50.6 Å². The number of benzene rings is 1. The summed E-state index contributed by atoms with van der Waals surface area (Å²) in [4.78, 5) is 15.3. The van der Waals surface area contributed by atoms with Crippen LogP contribution in [-0.4, -0.2) is 24.4 Å². The minimum Gasteiger partial charge on any atom is -0.399 e. The number of carbonyl (C=O) groups is 1. The van der Waals surface area contributed by atoms with E-state index in [-0.39, 0.29) is 5.91 Å². The summed E-state index contributed by atoms with van der Waals surface area (Å²) in [5.41, 5.74) is 6.95. The second kappa shape index (κ2) is 6.21. The summed E-state index contributed by atoms with van der Waals surface area (Å²) < 4.78 is 0.822. The molecule has 0 saturated carbocycles. The quantitative estimate of drug-likeness (QED) is 0.868. The van der Waals surface area contributed by atoms with Crippen molar-refractivity contribution in [1.29, 1.82) is 0 Å². The summed E-state index contributed by atoms with van der Waals surface area (Å²) in [6.45, 7) is 0.700. The number of nitrogen functional groups attached to an aromatic ring is 1. The highest BCUT2D eigenvalue weighted by Gasteiger charge is 2.12. The second-order valence-corrected chi connectivity index (χ2v) is 6.28. The fourth-order valence-corrected chi connectivity index (χ4v) is 3.00. The number of likely N-dealkylation sites (N-methyl/N-ethyl adjacent to an activating group) is 1. The highest BCUT2D eigenvalue weighted by molar-refractivity contribution is 9.10. The zero-order valence-electron chi connectivity index (χ0n) is 10.6. The molecular formula is C14H15BrN2OS. The molecule has 5 heteroatoms. The number of carbonyl (C=O) groups excluding carboxylic acids is 1. The lowest BCUT2D eigenvalue weighted by atomic mass is 10.2. The van der Waals surface area contributed by atoms with E-state index in [1.165, 1.54) is 4.88 Å². The Morgan fingerprint density at radius 2 is 2.21 bits per heavy atom. The van der Waals surface area contributed by atoms with E-state index in [1.54, 1.807) is 34.4 Å². The summed E-state index contributed by atoms with van der Waals surface area (Å²) in [7, 11) is 1.81. The van der Waals surface area contributed by atoms with Gasteiger partial charge in [-0.1, -0.05) is 22.0 Å². The number of thiophene rings is 1. The molecule has 100 valence electrons. The highest BCUT2D eigenvalue weighted by Crippen LogP contribution is 2.18. The average Bonchev–Trinajstić information content (AvgIpc) is 2.87. The van der Waals surface area contributed by atoms with Crippen molar-refractivity contribution in [2.24, 2.45) is 0 Å². The maximum absolute atomic E-state index is 12.3. The molecule has 0 aliphatic carbocycles. The normalized spacial score (nSPS) is 10.4. The lowest BCUT2D eigenvalue weighted by Gasteiger charge is -2.17. The molecule has 2 N–H and O–H groups in total. The van der Waals surface area contributed by atoms with E-state index in [0.29, 0.717) is 17.8 Å². The van der Waals surface area contributed by atoms with Crippen LogP contribution in [0.1, 0.15) is 15.2 Å². The molecule has 3 nitrogen and oxygen atoms in total. The summed E-state index contributed by atoms with van der Waals surface area (Å²) in [6.07, 6.45) is 0.878. The summed E-state index contributed by atoms with van der Waals surface area (Å²) in [5, 5.41) is 2.05. The molecule has 1 amide bonds. The number of nitrogens with zero attached hydrogens (tertiary/aromatic N) is 1. The molecule has 2 aromatic rings. The number of rotatable bonds is 4. The van der Waals surface area contributed by atoms with Crippen LogP contribution < -0.4 is 5.73 Å². The van der Waals surface area contributed by atoms with E-state index in [1.807, 2.05) is 18.5 Å². The van der Waals surface area contributed by atoms with Crippen molar-refractivity contribution in [1.82, 2.24) is 4.90 Å². The Labute approximate surface area is 125 Å². The first-order valence-corrected chi connectivity index (χ1v) is 7.57. The molecule has 0 unspecified atom stereocenters. The van der Waals surface area contributed by atoms with E-state index in [4.69, 9.17) is 5.73 Å². The van der Waals surface area contributed by atoms with Gasteiger partial charge in [-0.15, -0.1) is 11.3 Å². The van der Waals surface area contributed by atoms with E-state index in [2.05, 4.69) is 22.0 Å². The van der Waals surface area contributed by atoms with Gasteiger partial charge in [-0.2, -0.15) is 0 Å².